The molecule has 2 aromatic heterocycles. The van der Waals surface area contributed by atoms with Crippen molar-refractivity contribution in [2.45, 2.75) is 18.6 Å². The summed E-state index contributed by atoms with van der Waals surface area (Å²) in [5, 5.41) is 3.34. The first-order valence-electron chi connectivity index (χ1n) is 7.02. The summed E-state index contributed by atoms with van der Waals surface area (Å²) in [6.07, 6.45) is 4.53. The van der Waals surface area contributed by atoms with Gasteiger partial charge in [0.2, 0.25) is 0 Å². The van der Waals surface area contributed by atoms with Gasteiger partial charge in [-0.1, -0.05) is 12.1 Å². The van der Waals surface area contributed by atoms with E-state index in [-0.39, 0.29) is 12.1 Å². The molecular weight excluding hydrogens is 268 g/mol. The number of hydrogen-bond donors (Lipinski definition) is 1. The van der Waals surface area contributed by atoms with Crippen LogP contribution in [-0.4, -0.2) is 27.2 Å². The highest BCUT2D eigenvalue weighted by atomic mass is 16.5. The summed E-state index contributed by atoms with van der Waals surface area (Å²) < 4.78 is 13.5. The Balaban J connectivity index is 1.59. The highest BCUT2D eigenvalue weighted by molar-refractivity contribution is 5.74. The second-order valence-electron chi connectivity index (χ2n) is 5.21. The number of fused-ring (bicyclic) bond motifs is 1. The second-order valence-corrected chi connectivity index (χ2v) is 5.21. The average molecular weight is 284 g/mol. The summed E-state index contributed by atoms with van der Waals surface area (Å²) >= 11 is 0. The largest absolute Gasteiger partial charge is 0.424 e. The number of para-hydroxylation sites is 2. The second kappa shape index (κ2) is 4.89. The quantitative estimate of drug-likeness (QED) is 0.800. The molecule has 1 saturated heterocycles. The molecule has 0 saturated carbocycles. The molecule has 3 aromatic rings. The number of ether oxygens (including phenoxy) is 1. The predicted molar refractivity (Wildman–Crippen MR) is 77.9 cm³/mol. The van der Waals surface area contributed by atoms with Crippen molar-refractivity contribution in [3.8, 4) is 0 Å². The first-order valence-corrected chi connectivity index (χ1v) is 7.02. The van der Waals surface area contributed by atoms with Crippen LogP contribution in [0.25, 0.3) is 11.1 Å². The molecule has 1 aromatic carbocycles. The molecule has 0 unspecified atom stereocenters. The topological polar surface area (TPSA) is 65.1 Å². The van der Waals surface area contributed by atoms with Crippen molar-refractivity contribution in [1.82, 2.24) is 14.5 Å². The summed E-state index contributed by atoms with van der Waals surface area (Å²) in [4.78, 5) is 8.83. The number of hydrogen-bond acceptors (Lipinski definition) is 5. The molecule has 0 amide bonds. The van der Waals surface area contributed by atoms with Crippen molar-refractivity contribution in [2.75, 3.05) is 11.9 Å². The number of anilines is 1. The number of oxazole rings is 1. The zero-order valence-corrected chi connectivity index (χ0v) is 11.7. The third kappa shape index (κ3) is 2.17. The molecule has 1 fully saturated rings. The van der Waals surface area contributed by atoms with E-state index in [1.54, 1.807) is 6.20 Å². The first kappa shape index (κ1) is 12.4. The van der Waals surface area contributed by atoms with Crippen molar-refractivity contribution in [3.05, 3.63) is 42.5 Å². The van der Waals surface area contributed by atoms with Crippen LogP contribution in [0, 0.1) is 0 Å². The molecule has 108 valence electrons. The maximum absolute atomic E-state index is 5.82. The van der Waals surface area contributed by atoms with E-state index < -0.39 is 0 Å². The van der Waals surface area contributed by atoms with Gasteiger partial charge in [0.05, 0.1) is 6.04 Å². The molecule has 1 N–H and O–H groups in total. The Labute approximate surface area is 121 Å². The molecule has 1 aliphatic heterocycles. The minimum atomic E-state index is -0.0833. The third-order valence-corrected chi connectivity index (χ3v) is 3.81. The fourth-order valence-corrected chi connectivity index (χ4v) is 2.74. The molecule has 0 aliphatic carbocycles. The van der Waals surface area contributed by atoms with Gasteiger partial charge in [0, 0.05) is 26.0 Å². The highest BCUT2D eigenvalue weighted by Crippen LogP contribution is 2.31. The Morgan fingerprint density at radius 2 is 2.24 bits per heavy atom. The van der Waals surface area contributed by atoms with E-state index in [1.165, 1.54) is 0 Å². The molecule has 0 radical (unpaired) electrons. The van der Waals surface area contributed by atoms with Gasteiger partial charge in [0.15, 0.2) is 5.58 Å². The normalized spacial score (nSPS) is 22.0. The van der Waals surface area contributed by atoms with E-state index in [2.05, 4.69) is 15.3 Å². The van der Waals surface area contributed by atoms with Crippen molar-refractivity contribution in [3.63, 3.8) is 0 Å². The fourth-order valence-electron chi connectivity index (χ4n) is 2.74. The first-order chi connectivity index (χ1) is 10.3. The summed E-state index contributed by atoms with van der Waals surface area (Å²) in [6, 6.07) is 8.38. The van der Waals surface area contributed by atoms with E-state index in [4.69, 9.17) is 9.15 Å². The molecule has 2 atom stereocenters. The van der Waals surface area contributed by atoms with Crippen LogP contribution in [0.1, 0.15) is 18.3 Å². The Bertz CT molecular complexity index is 731. The van der Waals surface area contributed by atoms with E-state index in [9.17, 15) is 0 Å². The number of nitrogens with zero attached hydrogens (tertiary/aromatic N) is 3. The molecule has 4 rings (SSSR count). The zero-order chi connectivity index (χ0) is 14.2. The predicted octanol–water partition coefficient (Wildman–Crippen LogP) is 2.50. The van der Waals surface area contributed by atoms with Gasteiger partial charge in [-0.3, -0.25) is 0 Å². The Kier molecular flexibility index (Phi) is 2.89. The lowest BCUT2D eigenvalue weighted by Crippen LogP contribution is -2.25. The van der Waals surface area contributed by atoms with Gasteiger partial charge < -0.3 is 19.0 Å². The minimum Gasteiger partial charge on any atom is -0.424 e. The van der Waals surface area contributed by atoms with Gasteiger partial charge in [-0.15, -0.1) is 0 Å². The summed E-state index contributed by atoms with van der Waals surface area (Å²) in [7, 11) is 1.97. The minimum absolute atomic E-state index is 0.0833. The highest BCUT2D eigenvalue weighted by Gasteiger charge is 2.33. The van der Waals surface area contributed by atoms with Crippen LogP contribution in [0.2, 0.25) is 0 Å². The lowest BCUT2D eigenvalue weighted by atomic mass is 10.1. The number of aromatic nitrogens is 3. The maximum Gasteiger partial charge on any atom is 0.296 e. The van der Waals surface area contributed by atoms with Crippen LogP contribution in [0.5, 0.6) is 0 Å². The van der Waals surface area contributed by atoms with Gasteiger partial charge in [0.1, 0.15) is 17.4 Å². The monoisotopic (exact) mass is 284 g/mol. The lowest BCUT2D eigenvalue weighted by molar-refractivity contribution is 0.0980. The summed E-state index contributed by atoms with van der Waals surface area (Å²) in [5.74, 6) is 0.918. The van der Waals surface area contributed by atoms with Crippen LogP contribution in [-0.2, 0) is 11.8 Å². The van der Waals surface area contributed by atoms with Gasteiger partial charge in [0.25, 0.3) is 6.01 Å². The number of nitrogens with one attached hydrogen (secondary N) is 1. The van der Waals surface area contributed by atoms with Gasteiger partial charge in [-0.2, -0.15) is 4.98 Å². The van der Waals surface area contributed by atoms with E-state index in [0.29, 0.717) is 12.6 Å². The van der Waals surface area contributed by atoms with Crippen molar-refractivity contribution in [2.24, 2.45) is 7.05 Å². The number of benzene rings is 1. The summed E-state index contributed by atoms with van der Waals surface area (Å²) in [5.41, 5.74) is 1.64. The van der Waals surface area contributed by atoms with Gasteiger partial charge >= 0.3 is 0 Å². The third-order valence-electron chi connectivity index (χ3n) is 3.81. The lowest BCUT2D eigenvalue weighted by Gasteiger charge is -2.18. The van der Waals surface area contributed by atoms with Crippen LogP contribution < -0.4 is 5.32 Å². The maximum atomic E-state index is 5.82. The molecule has 3 heterocycles. The Hall–Kier alpha value is -2.34. The van der Waals surface area contributed by atoms with Crippen LogP contribution in [0.4, 0.5) is 6.01 Å². The Morgan fingerprint density at radius 3 is 3.05 bits per heavy atom. The standard InChI is InChI=1S/C15H16N4O2/c1-19-8-7-16-14(19)13-11(6-9-20-13)18-15-17-10-4-2-3-5-12(10)21-15/h2-5,7-8,11,13H,6,9H2,1H3,(H,17,18)/t11-,13-/m0/s1. The van der Waals surface area contributed by atoms with E-state index >= 15 is 0 Å². The van der Waals surface area contributed by atoms with Crippen molar-refractivity contribution >= 4 is 17.1 Å². The number of aryl methyl sites for hydroxylation is 1. The van der Waals surface area contributed by atoms with Crippen LogP contribution >= 0.6 is 0 Å². The average Bonchev–Trinajstić information content (AvgIpc) is 3.17. The van der Waals surface area contributed by atoms with Crippen LogP contribution in [0.3, 0.4) is 0 Å². The molecule has 0 spiro atoms. The fraction of sp³-hybridized carbons (Fsp3) is 0.333. The number of imidazole rings is 1. The number of rotatable bonds is 3. The molecule has 6 heteroatoms. The molecule has 21 heavy (non-hydrogen) atoms. The van der Waals surface area contributed by atoms with Gasteiger partial charge in [-0.25, -0.2) is 4.98 Å². The molecule has 6 nitrogen and oxygen atoms in total. The van der Waals surface area contributed by atoms with Gasteiger partial charge in [-0.05, 0) is 18.6 Å². The van der Waals surface area contributed by atoms with E-state index in [1.807, 2.05) is 42.1 Å². The molecule has 0 bridgehead atoms. The zero-order valence-electron chi connectivity index (χ0n) is 11.7. The van der Waals surface area contributed by atoms with E-state index in [0.717, 1.165) is 23.3 Å². The summed E-state index contributed by atoms with van der Waals surface area (Å²) in [6.45, 7) is 0.704. The Morgan fingerprint density at radius 1 is 1.33 bits per heavy atom. The van der Waals surface area contributed by atoms with Crippen LogP contribution in [0.15, 0.2) is 41.1 Å². The molecule has 1 aliphatic rings. The van der Waals surface area contributed by atoms with Crippen molar-refractivity contribution < 1.29 is 9.15 Å². The smallest absolute Gasteiger partial charge is 0.296 e. The van der Waals surface area contributed by atoms with Crippen molar-refractivity contribution in [1.29, 1.82) is 0 Å². The molecular formula is C15H16N4O2. The SMILES string of the molecule is Cn1ccnc1[C@H]1OCC[C@@H]1Nc1nc2ccccc2o1.